The van der Waals surface area contributed by atoms with Gasteiger partial charge in [-0.1, -0.05) is 0 Å². The van der Waals surface area contributed by atoms with Crippen molar-refractivity contribution in [2.75, 3.05) is 18.0 Å². The number of aryl methyl sites for hydroxylation is 1. The van der Waals surface area contributed by atoms with Gasteiger partial charge in [0.15, 0.2) is 0 Å². The zero-order chi connectivity index (χ0) is 17.3. The van der Waals surface area contributed by atoms with Crippen molar-refractivity contribution in [2.45, 2.75) is 25.7 Å². The molecule has 0 aromatic heterocycles. The van der Waals surface area contributed by atoms with Crippen molar-refractivity contribution in [2.24, 2.45) is 0 Å². The highest BCUT2D eigenvalue weighted by molar-refractivity contribution is 7.46. The first-order chi connectivity index (χ1) is 11.4. The molecule has 2 aliphatic heterocycles. The lowest BCUT2D eigenvalue weighted by Crippen LogP contribution is -2.34. The van der Waals surface area contributed by atoms with Crippen LogP contribution in [0.5, 0.6) is 5.75 Å². The second-order valence-electron chi connectivity index (χ2n) is 5.84. The molecule has 0 saturated heterocycles. The predicted molar refractivity (Wildman–Crippen MR) is 87.2 cm³/mol. The molecular formula is C16H16N3O4P. The molecular weight excluding hydrogens is 329 g/mol. The van der Waals surface area contributed by atoms with Gasteiger partial charge in [-0.05, 0) is 43.4 Å². The minimum absolute atomic E-state index is 0.0803. The fourth-order valence-corrected chi connectivity index (χ4v) is 3.89. The summed E-state index contributed by atoms with van der Waals surface area (Å²) in [4.78, 5) is 20.8. The molecule has 24 heavy (non-hydrogen) atoms. The lowest BCUT2D eigenvalue weighted by Gasteiger charge is -2.38. The summed E-state index contributed by atoms with van der Waals surface area (Å²) < 4.78 is 16.4. The van der Waals surface area contributed by atoms with E-state index in [1.54, 1.807) is 18.2 Å². The van der Waals surface area contributed by atoms with Crippen molar-refractivity contribution in [1.29, 1.82) is 10.5 Å². The van der Waals surface area contributed by atoms with Crippen LogP contribution in [-0.2, 0) is 17.4 Å². The van der Waals surface area contributed by atoms with Gasteiger partial charge >= 0.3 is 7.82 Å². The number of nitriles is 2. The summed E-state index contributed by atoms with van der Waals surface area (Å²) in [5.41, 5.74) is 3.04. The van der Waals surface area contributed by atoms with Crippen molar-refractivity contribution >= 4 is 19.6 Å². The Labute approximate surface area is 139 Å². The molecule has 0 amide bonds. The molecule has 0 atom stereocenters. The minimum Gasteiger partial charge on any atom is -0.403 e. The molecule has 0 bridgehead atoms. The summed E-state index contributed by atoms with van der Waals surface area (Å²) in [7, 11) is -4.76. The first-order valence-electron chi connectivity index (χ1n) is 7.63. The van der Waals surface area contributed by atoms with E-state index in [9.17, 15) is 14.4 Å². The number of hydrogen-bond acceptors (Lipinski definition) is 5. The van der Waals surface area contributed by atoms with Crippen LogP contribution >= 0.6 is 7.82 Å². The third kappa shape index (κ3) is 3.16. The second kappa shape index (κ2) is 6.30. The Morgan fingerprint density at radius 3 is 2.54 bits per heavy atom. The zero-order valence-electron chi connectivity index (χ0n) is 12.9. The summed E-state index contributed by atoms with van der Waals surface area (Å²) in [6.07, 6.45) is 4.68. The number of nitrogens with zero attached hydrogens (tertiary/aromatic N) is 3. The van der Waals surface area contributed by atoms with Gasteiger partial charge in [-0.25, -0.2) is 4.57 Å². The number of hydrogen-bond donors (Lipinski definition) is 2. The minimum atomic E-state index is -4.76. The third-order valence-electron chi connectivity index (χ3n) is 4.25. The monoisotopic (exact) mass is 345 g/mol. The molecule has 0 saturated carbocycles. The Kier molecular flexibility index (Phi) is 4.34. The molecule has 0 aliphatic carbocycles. The first-order valence-corrected chi connectivity index (χ1v) is 9.16. The Morgan fingerprint density at radius 2 is 1.92 bits per heavy atom. The topological polar surface area (TPSA) is 118 Å². The standard InChI is InChI=1S/C16H16N3O4P/c17-9-11(10-18)7-13-8-12-3-1-5-19-6-2-4-14(15(12)19)16(13)23-24(20,21)22/h7-8H,1-6H2,(H2,20,21,22). The van der Waals surface area contributed by atoms with E-state index in [2.05, 4.69) is 4.90 Å². The molecule has 0 spiro atoms. The van der Waals surface area contributed by atoms with Crippen molar-refractivity contribution < 1.29 is 18.9 Å². The van der Waals surface area contributed by atoms with E-state index in [4.69, 9.17) is 15.0 Å². The summed E-state index contributed by atoms with van der Waals surface area (Å²) in [5.74, 6) is 0.0803. The van der Waals surface area contributed by atoms with Crippen molar-refractivity contribution in [3.05, 3.63) is 28.3 Å². The van der Waals surface area contributed by atoms with Gasteiger partial charge in [-0.2, -0.15) is 10.5 Å². The summed E-state index contributed by atoms with van der Waals surface area (Å²) in [6, 6.07) is 5.31. The van der Waals surface area contributed by atoms with Gasteiger partial charge in [0.25, 0.3) is 0 Å². The molecule has 2 heterocycles. The normalized spacial score (nSPS) is 15.8. The maximum Gasteiger partial charge on any atom is 0.524 e. The van der Waals surface area contributed by atoms with Crippen LogP contribution in [0.3, 0.4) is 0 Å². The Hall–Kier alpha value is -2.31. The summed E-state index contributed by atoms with van der Waals surface area (Å²) >= 11 is 0. The highest BCUT2D eigenvalue weighted by Crippen LogP contribution is 2.48. The Morgan fingerprint density at radius 1 is 1.25 bits per heavy atom. The Bertz CT molecular complexity index is 826. The van der Waals surface area contributed by atoms with Gasteiger partial charge < -0.3 is 9.42 Å². The van der Waals surface area contributed by atoms with Gasteiger partial charge in [-0.3, -0.25) is 9.79 Å². The molecule has 2 N–H and O–H groups in total. The van der Waals surface area contributed by atoms with Crippen LogP contribution < -0.4 is 9.42 Å². The van der Waals surface area contributed by atoms with Crippen molar-refractivity contribution in [3.63, 3.8) is 0 Å². The van der Waals surface area contributed by atoms with Gasteiger partial charge in [0, 0.05) is 29.9 Å². The van der Waals surface area contributed by atoms with E-state index >= 15 is 0 Å². The number of benzene rings is 1. The smallest absolute Gasteiger partial charge is 0.403 e. The van der Waals surface area contributed by atoms with Gasteiger partial charge in [-0.15, -0.1) is 0 Å². The van der Waals surface area contributed by atoms with E-state index in [1.807, 2.05) is 0 Å². The molecule has 1 aromatic carbocycles. The van der Waals surface area contributed by atoms with Crippen LogP contribution in [0.4, 0.5) is 5.69 Å². The van der Waals surface area contributed by atoms with Crippen LogP contribution in [-0.4, -0.2) is 22.9 Å². The lowest BCUT2D eigenvalue weighted by atomic mass is 9.88. The summed E-state index contributed by atoms with van der Waals surface area (Å²) in [5, 5.41) is 18.0. The first kappa shape index (κ1) is 16.5. The van der Waals surface area contributed by atoms with E-state index in [-0.39, 0.29) is 11.3 Å². The van der Waals surface area contributed by atoms with E-state index < -0.39 is 7.82 Å². The second-order valence-corrected chi connectivity index (χ2v) is 7.00. The molecule has 7 nitrogen and oxygen atoms in total. The maximum absolute atomic E-state index is 11.4. The molecule has 0 fully saturated rings. The highest BCUT2D eigenvalue weighted by atomic mass is 31.2. The SMILES string of the molecule is N#CC(C#N)=Cc1cc2c3c(c1OP(=O)(O)O)CCCN3CCC2. The number of rotatable bonds is 3. The van der Waals surface area contributed by atoms with Crippen LogP contribution in [0.2, 0.25) is 0 Å². The number of phosphoric acid groups is 1. The van der Waals surface area contributed by atoms with E-state index in [0.29, 0.717) is 12.0 Å². The molecule has 0 radical (unpaired) electrons. The van der Waals surface area contributed by atoms with Crippen molar-refractivity contribution in [3.8, 4) is 17.9 Å². The lowest BCUT2D eigenvalue weighted by molar-refractivity contribution is 0.281. The van der Waals surface area contributed by atoms with E-state index in [0.717, 1.165) is 49.2 Å². The summed E-state index contributed by atoms with van der Waals surface area (Å²) in [6.45, 7) is 1.82. The molecule has 2 aliphatic rings. The fourth-order valence-electron chi connectivity index (χ4n) is 3.44. The van der Waals surface area contributed by atoms with Gasteiger partial charge in [0.05, 0.1) is 0 Å². The van der Waals surface area contributed by atoms with Gasteiger partial charge in [0.2, 0.25) is 0 Å². The molecule has 8 heteroatoms. The Balaban J connectivity index is 2.25. The molecule has 3 rings (SSSR count). The van der Waals surface area contributed by atoms with Crippen LogP contribution in [0.15, 0.2) is 11.6 Å². The molecule has 1 aromatic rings. The largest absolute Gasteiger partial charge is 0.524 e. The number of phosphoric ester groups is 1. The van der Waals surface area contributed by atoms with Crippen LogP contribution in [0.1, 0.15) is 29.5 Å². The highest BCUT2D eigenvalue weighted by Gasteiger charge is 2.30. The molecule has 0 unspecified atom stereocenters. The predicted octanol–water partition coefficient (Wildman–Crippen LogP) is 2.29. The average molecular weight is 345 g/mol. The van der Waals surface area contributed by atoms with Crippen molar-refractivity contribution in [1.82, 2.24) is 0 Å². The van der Waals surface area contributed by atoms with Crippen LogP contribution in [0.25, 0.3) is 6.08 Å². The maximum atomic E-state index is 11.4. The van der Waals surface area contributed by atoms with E-state index in [1.165, 1.54) is 6.08 Å². The number of allylic oxidation sites excluding steroid dienone is 1. The number of anilines is 1. The quantitative estimate of drug-likeness (QED) is 0.637. The fraction of sp³-hybridized carbons (Fsp3) is 0.375. The van der Waals surface area contributed by atoms with Gasteiger partial charge in [0.1, 0.15) is 23.5 Å². The van der Waals surface area contributed by atoms with Crippen LogP contribution in [0, 0.1) is 22.7 Å². The third-order valence-corrected chi connectivity index (χ3v) is 4.67. The molecule has 124 valence electrons. The zero-order valence-corrected chi connectivity index (χ0v) is 13.8. The average Bonchev–Trinajstić information content (AvgIpc) is 2.55.